The van der Waals surface area contributed by atoms with Gasteiger partial charge in [-0.2, -0.15) is 0 Å². The van der Waals surface area contributed by atoms with Gasteiger partial charge in [0.1, 0.15) is 22.3 Å². The summed E-state index contributed by atoms with van der Waals surface area (Å²) >= 11 is 0.815. The van der Waals surface area contributed by atoms with Gasteiger partial charge in [-0.3, -0.25) is 9.52 Å². The highest BCUT2D eigenvalue weighted by molar-refractivity contribution is 7.93. The van der Waals surface area contributed by atoms with Crippen LogP contribution in [0.3, 0.4) is 0 Å². The zero-order chi connectivity index (χ0) is 21.9. The first kappa shape index (κ1) is 21.7. The Bertz CT molecular complexity index is 1160. The summed E-state index contributed by atoms with van der Waals surface area (Å²) in [6.07, 6.45) is 0. The number of carbonyl (C=O) groups excluding carboxylic acids is 1. The normalized spacial score (nSPS) is 11.2. The Morgan fingerprint density at radius 3 is 2.37 bits per heavy atom. The lowest BCUT2D eigenvalue weighted by Gasteiger charge is -2.07. The smallest absolute Gasteiger partial charge is 0.263 e. The summed E-state index contributed by atoms with van der Waals surface area (Å²) < 4.78 is 59.7. The summed E-state index contributed by atoms with van der Waals surface area (Å²) in [5.41, 5.74) is 0.00684. The van der Waals surface area contributed by atoms with Crippen LogP contribution in [0.1, 0.15) is 20.9 Å². The summed E-state index contributed by atoms with van der Waals surface area (Å²) in [5, 5.41) is 2.41. The van der Waals surface area contributed by atoms with Crippen molar-refractivity contribution in [2.45, 2.75) is 18.4 Å². The van der Waals surface area contributed by atoms with Gasteiger partial charge >= 0.3 is 0 Å². The average molecular weight is 453 g/mol. The lowest BCUT2D eigenvalue weighted by molar-refractivity contribution is 0.0953. The SMILES string of the molecule is COc1ccc(S(=O)(=O)Nc2nc(C)c(C(=O)NCc3c(F)cccc3F)s2)cc1. The minimum absolute atomic E-state index is 0.00261. The van der Waals surface area contributed by atoms with Crippen molar-refractivity contribution < 1.29 is 26.7 Å². The first-order chi connectivity index (χ1) is 14.2. The third kappa shape index (κ3) is 4.74. The molecule has 0 radical (unpaired) electrons. The van der Waals surface area contributed by atoms with Crippen LogP contribution >= 0.6 is 11.3 Å². The van der Waals surface area contributed by atoms with Gasteiger partial charge in [0.2, 0.25) is 0 Å². The molecule has 3 aromatic rings. The number of rotatable bonds is 7. The molecule has 158 valence electrons. The van der Waals surface area contributed by atoms with Gasteiger partial charge in [-0.1, -0.05) is 17.4 Å². The van der Waals surface area contributed by atoms with Crippen LogP contribution in [-0.2, 0) is 16.6 Å². The Kier molecular flexibility index (Phi) is 6.32. The molecular formula is C19H17F2N3O4S2. The standard InChI is InChI=1S/C19H17F2N3O4S2/c1-11-17(18(25)22-10-14-15(20)4-3-5-16(14)21)29-19(23-11)24-30(26,27)13-8-6-12(28-2)7-9-13/h3-9H,10H2,1-2H3,(H,22,25)(H,23,24). The third-order valence-corrected chi connectivity index (χ3v) is 6.64. The number of hydrogen-bond acceptors (Lipinski definition) is 6. The minimum atomic E-state index is -3.92. The van der Waals surface area contributed by atoms with Crippen LogP contribution in [-0.4, -0.2) is 26.4 Å². The van der Waals surface area contributed by atoms with E-state index in [0.29, 0.717) is 5.75 Å². The predicted octanol–water partition coefficient (Wildman–Crippen LogP) is 3.47. The van der Waals surface area contributed by atoms with E-state index in [-0.39, 0.29) is 32.7 Å². The summed E-state index contributed by atoms with van der Waals surface area (Å²) in [4.78, 5) is 16.6. The lowest BCUT2D eigenvalue weighted by atomic mass is 10.2. The quantitative estimate of drug-likeness (QED) is 0.571. The molecule has 1 amide bonds. The van der Waals surface area contributed by atoms with Crippen LogP contribution in [0.15, 0.2) is 47.4 Å². The minimum Gasteiger partial charge on any atom is -0.497 e. The van der Waals surface area contributed by atoms with Crippen LogP contribution in [0.25, 0.3) is 0 Å². The highest BCUT2D eigenvalue weighted by atomic mass is 32.2. The maximum absolute atomic E-state index is 13.7. The van der Waals surface area contributed by atoms with E-state index in [0.717, 1.165) is 23.5 Å². The monoisotopic (exact) mass is 453 g/mol. The summed E-state index contributed by atoms with van der Waals surface area (Å²) in [6, 6.07) is 9.16. The number of benzene rings is 2. The Balaban J connectivity index is 1.73. The number of methoxy groups -OCH3 is 1. The van der Waals surface area contributed by atoms with E-state index in [1.54, 1.807) is 0 Å². The van der Waals surface area contributed by atoms with Gasteiger partial charge < -0.3 is 10.1 Å². The number of nitrogens with one attached hydrogen (secondary N) is 2. The maximum Gasteiger partial charge on any atom is 0.263 e. The van der Waals surface area contributed by atoms with Crippen molar-refractivity contribution >= 4 is 32.4 Å². The van der Waals surface area contributed by atoms with Crippen LogP contribution in [0.5, 0.6) is 5.75 Å². The van der Waals surface area contributed by atoms with E-state index in [9.17, 15) is 22.0 Å². The molecule has 1 heterocycles. The second-order valence-electron chi connectivity index (χ2n) is 6.10. The number of amides is 1. The van der Waals surface area contributed by atoms with E-state index in [1.165, 1.54) is 44.4 Å². The number of anilines is 1. The van der Waals surface area contributed by atoms with Gasteiger partial charge in [0.25, 0.3) is 15.9 Å². The molecule has 0 aliphatic rings. The van der Waals surface area contributed by atoms with Crippen molar-refractivity contribution in [3.63, 3.8) is 0 Å². The number of hydrogen-bond donors (Lipinski definition) is 2. The van der Waals surface area contributed by atoms with Gasteiger partial charge in [-0.25, -0.2) is 22.2 Å². The second kappa shape index (κ2) is 8.76. The molecule has 30 heavy (non-hydrogen) atoms. The third-order valence-electron chi connectivity index (χ3n) is 4.08. The van der Waals surface area contributed by atoms with Crippen molar-refractivity contribution in [1.82, 2.24) is 10.3 Å². The molecule has 0 spiro atoms. The summed E-state index contributed by atoms with van der Waals surface area (Å²) in [5.74, 6) is -1.67. The number of halogens is 2. The molecule has 2 aromatic carbocycles. The number of sulfonamides is 1. The second-order valence-corrected chi connectivity index (χ2v) is 8.78. The fourth-order valence-electron chi connectivity index (χ4n) is 2.53. The Morgan fingerprint density at radius 1 is 1.13 bits per heavy atom. The van der Waals surface area contributed by atoms with E-state index in [2.05, 4.69) is 15.0 Å². The molecule has 0 unspecified atom stereocenters. The van der Waals surface area contributed by atoms with Crippen LogP contribution in [0.2, 0.25) is 0 Å². The molecule has 0 fully saturated rings. The van der Waals surface area contributed by atoms with E-state index >= 15 is 0 Å². The lowest BCUT2D eigenvalue weighted by Crippen LogP contribution is -2.23. The fourth-order valence-corrected chi connectivity index (χ4v) is 4.65. The largest absolute Gasteiger partial charge is 0.497 e. The van der Waals surface area contributed by atoms with Crippen LogP contribution in [0, 0.1) is 18.6 Å². The van der Waals surface area contributed by atoms with Crippen LogP contribution in [0.4, 0.5) is 13.9 Å². The van der Waals surface area contributed by atoms with Crippen molar-refractivity contribution in [3.8, 4) is 5.75 Å². The molecule has 0 atom stereocenters. The molecule has 0 saturated heterocycles. The summed E-state index contributed by atoms with van der Waals surface area (Å²) in [6.45, 7) is 1.17. The first-order valence-corrected chi connectivity index (χ1v) is 10.9. The zero-order valence-electron chi connectivity index (χ0n) is 15.9. The number of thiazole rings is 1. The first-order valence-electron chi connectivity index (χ1n) is 8.56. The number of nitrogens with zero attached hydrogens (tertiary/aromatic N) is 1. The molecule has 0 aliphatic carbocycles. The number of aromatic nitrogens is 1. The van der Waals surface area contributed by atoms with Gasteiger partial charge in [0.15, 0.2) is 5.13 Å². The molecule has 1 aromatic heterocycles. The number of carbonyl (C=O) groups is 1. The average Bonchev–Trinajstić information content (AvgIpc) is 3.07. The van der Waals surface area contributed by atoms with Gasteiger partial charge in [0, 0.05) is 12.1 Å². The summed E-state index contributed by atoms with van der Waals surface area (Å²) in [7, 11) is -2.46. The molecule has 3 rings (SSSR count). The molecule has 0 bridgehead atoms. The fraction of sp³-hybridized carbons (Fsp3) is 0.158. The topological polar surface area (TPSA) is 97.4 Å². The highest BCUT2D eigenvalue weighted by Gasteiger charge is 2.21. The maximum atomic E-state index is 13.7. The molecule has 0 saturated carbocycles. The van der Waals surface area contributed by atoms with Gasteiger partial charge in [-0.05, 0) is 43.3 Å². The van der Waals surface area contributed by atoms with Crippen molar-refractivity contribution in [1.29, 1.82) is 0 Å². The van der Waals surface area contributed by atoms with Crippen LogP contribution < -0.4 is 14.8 Å². The van der Waals surface area contributed by atoms with Crippen molar-refractivity contribution in [2.75, 3.05) is 11.8 Å². The molecule has 2 N–H and O–H groups in total. The molecule has 0 aliphatic heterocycles. The highest BCUT2D eigenvalue weighted by Crippen LogP contribution is 2.26. The van der Waals surface area contributed by atoms with Gasteiger partial charge in [-0.15, -0.1) is 0 Å². The van der Waals surface area contributed by atoms with Gasteiger partial charge in [0.05, 0.1) is 17.7 Å². The zero-order valence-corrected chi connectivity index (χ0v) is 17.5. The molecular weight excluding hydrogens is 436 g/mol. The molecule has 7 nitrogen and oxygen atoms in total. The van der Waals surface area contributed by atoms with E-state index in [1.807, 2.05) is 0 Å². The number of aryl methyl sites for hydroxylation is 1. The Hall–Kier alpha value is -3.05. The van der Waals surface area contributed by atoms with Crippen molar-refractivity contribution in [2.24, 2.45) is 0 Å². The Morgan fingerprint density at radius 2 is 1.77 bits per heavy atom. The van der Waals surface area contributed by atoms with E-state index in [4.69, 9.17) is 4.74 Å². The number of ether oxygens (including phenoxy) is 1. The van der Waals surface area contributed by atoms with Crippen molar-refractivity contribution in [3.05, 3.63) is 70.2 Å². The predicted molar refractivity (Wildman–Crippen MR) is 108 cm³/mol. The van der Waals surface area contributed by atoms with E-state index < -0.39 is 27.6 Å². The Labute approximate surface area is 175 Å². The molecule has 11 heteroatoms.